The van der Waals surface area contributed by atoms with Crippen LogP contribution in [0, 0.1) is 10.7 Å². The Morgan fingerprint density at radius 3 is 2.71 bits per heavy atom. The smallest absolute Gasteiger partial charge is 0.380 e. The number of methoxy groups -OCH3 is 1. The Labute approximate surface area is 203 Å². The summed E-state index contributed by atoms with van der Waals surface area (Å²) in [5, 5.41) is 21.8. The molecule has 1 unspecified atom stereocenters. The van der Waals surface area contributed by atoms with Gasteiger partial charge >= 0.3 is 13.6 Å². The number of nitrogens with one attached hydrogen (secondary N) is 1. The molecule has 11 nitrogen and oxygen atoms in total. The second-order valence-corrected chi connectivity index (χ2v) is 10.3. The van der Waals surface area contributed by atoms with Crippen molar-refractivity contribution in [3.05, 3.63) is 57.7 Å². The Kier molecular flexibility index (Phi) is 7.23. The van der Waals surface area contributed by atoms with Crippen molar-refractivity contribution in [1.29, 1.82) is 0 Å². The monoisotopic (exact) mass is 516 g/mol. The lowest BCUT2D eigenvalue weighted by Gasteiger charge is -2.28. The molecule has 6 atom stereocenters. The highest BCUT2D eigenvalue weighted by Gasteiger charge is 2.53. The molecule has 13 heteroatoms. The maximum absolute atomic E-state index is 13.7. The quantitative estimate of drug-likeness (QED) is 0.257. The summed E-state index contributed by atoms with van der Waals surface area (Å²) in [6.45, 7) is -0.404. The summed E-state index contributed by atoms with van der Waals surface area (Å²) in [7, 11) is -3.29. The molecule has 2 heterocycles. The molecule has 1 aliphatic heterocycles. The van der Waals surface area contributed by atoms with E-state index in [9.17, 15) is 24.4 Å². The number of ether oxygens (including phenoxy) is 2. The molecule has 0 spiro atoms. The van der Waals surface area contributed by atoms with Crippen molar-refractivity contribution in [2.24, 2.45) is 5.92 Å². The fourth-order valence-electron chi connectivity index (χ4n) is 3.33. The first-order valence-electron chi connectivity index (χ1n) is 11.2. The van der Waals surface area contributed by atoms with E-state index in [0.717, 1.165) is 17.7 Å². The van der Waals surface area contributed by atoms with Crippen LogP contribution in [0.15, 0.2) is 47.4 Å². The molecular weight excluding hydrogens is 487 g/mol. The highest BCUT2D eigenvalue weighted by atomic mass is 32.1. The van der Waals surface area contributed by atoms with Gasteiger partial charge in [0, 0.05) is 12.3 Å². The van der Waals surface area contributed by atoms with Gasteiger partial charge in [0.1, 0.15) is 23.6 Å². The highest BCUT2D eigenvalue weighted by Crippen LogP contribution is 2.51. The summed E-state index contributed by atoms with van der Waals surface area (Å²) in [6.07, 6.45) is -4.56. The Balaban J connectivity index is 1.94. The lowest BCUT2D eigenvalue weighted by Crippen LogP contribution is -2.44. The number of para-hydroxylation sites is 1. The number of benzene rings is 1. The van der Waals surface area contributed by atoms with Crippen LogP contribution in [0.25, 0.3) is 0 Å². The predicted molar refractivity (Wildman–Crippen MR) is 123 cm³/mol. The summed E-state index contributed by atoms with van der Waals surface area (Å²) < 4.78 is 52.8. The van der Waals surface area contributed by atoms with E-state index in [2.05, 4.69) is 9.72 Å². The minimum atomic E-state index is -4.44. The topological polar surface area (TPSA) is 149 Å². The third kappa shape index (κ3) is 5.83. The van der Waals surface area contributed by atoms with Crippen LogP contribution < -0.4 is 10.1 Å². The van der Waals surface area contributed by atoms with Gasteiger partial charge in [0.05, 0.1) is 28.5 Å². The zero-order valence-corrected chi connectivity index (χ0v) is 20.3. The molecule has 3 N–H and O–H groups in total. The molecule has 34 heavy (non-hydrogen) atoms. The van der Waals surface area contributed by atoms with Gasteiger partial charge in [-0.1, -0.05) is 25.1 Å². The Morgan fingerprint density at radius 2 is 2.09 bits per heavy atom. The molecule has 0 bridgehead atoms. The van der Waals surface area contributed by atoms with Gasteiger partial charge in [-0.2, -0.15) is 0 Å². The zero-order valence-electron chi connectivity index (χ0n) is 20.6. The van der Waals surface area contributed by atoms with Gasteiger partial charge in [0.25, 0.3) is 5.56 Å². The van der Waals surface area contributed by atoms with E-state index in [0.29, 0.717) is 0 Å². The first kappa shape index (κ1) is 23.4. The highest BCUT2D eigenvalue weighted by molar-refractivity contribution is 7.71. The van der Waals surface area contributed by atoms with Crippen molar-refractivity contribution in [2.45, 2.75) is 37.9 Å². The average molecular weight is 517 g/mol. The normalized spacial score (nSPS) is 28.3. The Morgan fingerprint density at radius 1 is 1.41 bits per heavy atom. The number of nitrogens with zero attached hydrogens (tertiary/aromatic N) is 1. The number of aromatic nitrogens is 2. The second-order valence-electron chi connectivity index (χ2n) is 7.93. The first-order chi connectivity index (χ1) is 16.7. The number of aliphatic hydroxyl groups excluding tert-OH is 1. The van der Waals surface area contributed by atoms with E-state index in [1.54, 1.807) is 18.2 Å². The number of hydrogen-bond donors (Lipinski definition) is 3. The molecule has 186 valence electrons. The first-order valence-corrected chi connectivity index (χ1v) is 12.3. The predicted octanol–water partition coefficient (Wildman–Crippen LogP) is 2.01. The minimum Gasteiger partial charge on any atom is -0.469 e. The van der Waals surface area contributed by atoms with E-state index in [-0.39, 0.29) is 10.5 Å². The number of carbonyl (C=O) groups excluding carboxylic acids is 1. The number of H-pyrrole nitrogens is 1. The van der Waals surface area contributed by atoms with Crippen LogP contribution in [0.2, 0.25) is 0 Å². The molecule has 0 aliphatic carbocycles. The van der Waals surface area contributed by atoms with Crippen LogP contribution in [0.5, 0.6) is 5.75 Å². The van der Waals surface area contributed by atoms with Gasteiger partial charge in [0.2, 0.25) is 0 Å². The van der Waals surface area contributed by atoms with Crippen LogP contribution in [-0.2, 0) is 23.4 Å². The van der Waals surface area contributed by atoms with E-state index in [1.165, 1.54) is 32.2 Å². The summed E-state index contributed by atoms with van der Waals surface area (Å²) >= 11 is 5.09. The number of aromatic amines is 1. The fraction of sp³-hybridized carbons (Fsp3) is 0.476. The SMILES string of the molecule is [2H]C([2H])(O[P@@](=O)(C[C@@H](C)C(=O)OC)Oc1ccccc1)[C@H]1O[C@@H](n2ccc(=O)[nH]c2=S)C(C)(O)[C@H]1O. The summed E-state index contributed by atoms with van der Waals surface area (Å²) in [5.41, 5.74) is -2.62. The van der Waals surface area contributed by atoms with E-state index in [1.807, 2.05) is 0 Å². The van der Waals surface area contributed by atoms with Crippen LogP contribution in [0.4, 0.5) is 0 Å². The van der Waals surface area contributed by atoms with Crippen molar-refractivity contribution in [3.63, 3.8) is 0 Å². The van der Waals surface area contributed by atoms with Gasteiger partial charge in [-0.15, -0.1) is 0 Å². The minimum absolute atomic E-state index is 0.0889. The molecule has 1 aromatic heterocycles. The van der Waals surface area contributed by atoms with Crippen LogP contribution in [0.3, 0.4) is 0 Å². The van der Waals surface area contributed by atoms with Crippen molar-refractivity contribution < 1.29 is 40.8 Å². The molecule has 1 saturated heterocycles. The van der Waals surface area contributed by atoms with Crippen LogP contribution >= 0.6 is 19.8 Å². The van der Waals surface area contributed by atoms with Crippen LogP contribution in [-0.4, -0.2) is 63.4 Å². The van der Waals surface area contributed by atoms with E-state index >= 15 is 0 Å². The van der Waals surface area contributed by atoms with E-state index in [4.69, 9.17) is 28.7 Å². The van der Waals surface area contributed by atoms with Crippen molar-refractivity contribution in [3.8, 4) is 5.75 Å². The summed E-state index contributed by atoms with van der Waals surface area (Å²) in [6, 6.07) is 8.91. The Hall–Kier alpha value is -2.34. The van der Waals surface area contributed by atoms with Gasteiger partial charge in [-0.25, -0.2) is 4.57 Å². The van der Waals surface area contributed by atoms with Crippen LogP contribution in [0.1, 0.15) is 22.8 Å². The number of hydrogen-bond acceptors (Lipinski definition) is 10. The summed E-state index contributed by atoms with van der Waals surface area (Å²) in [4.78, 5) is 25.8. The second kappa shape index (κ2) is 10.5. The third-order valence-corrected chi connectivity index (χ3v) is 7.34. The molecule has 1 aliphatic rings. The molecule has 0 saturated carbocycles. The van der Waals surface area contributed by atoms with Crippen molar-refractivity contribution in [2.75, 3.05) is 19.8 Å². The van der Waals surface area contributed by atoms with Gasteiger partial charge in [-0.05, 0) is 31.3 Å². The molecule has 0 amide bonds. The molecular formula is C21H27N2O9PS. The van der Waals surface area contributed by atoms with Gasteiger partial charge in [0.15, 0.2) is 11.0 Å². The van der Waals surface area contributed by atoms with Gasteiger partial charge < -0.3 is 24.2 Å². The standard InChI is InChI=1S/C21H27N2O9PS/c1-13(18(26)29-3)12-33(28,32-14-7-5-4-6-8-14)30-11-15-17(25)21(2,27)19(31-15)23-10-9-16(24)22-20(23)34/h4-10,13,15,17,19,25,27H,11-12H2,1-3H3,(H,22,24,34)/t13-,15-,17+,19-,21?,33+/m1/s1/i11D2. The zero-order chi connectivity index (χ0) is 26.9. The van der Waals surface area contributed by atoms with Gasteiger partial charge in [-0.3, -0.25) is 23.7 Å². The molecule has 0 radical (unpaired) electrons. The molecule has 3 rings (SSSR count). The van der Waals surface area contributed by atoms with Crippen molar-refractivity contribution >= 4 is 25.8 Å². The van der Waals surface area contributed by atoms with Crippen molar-refractivity contribution in [1.82, 2.24) is 9.55 Å². The third-order valence-electron chi connectivity index (χ3n) is 5.16. The maximum Gasteiger partial charge on any atom is 0.380 e. The largest absolute Gasteiger partial charge is 0.469 e. The molecule has 1 aromatic carbocycles. The number of esters is 1. The number of carbonyl (C=O) groups is 1. The Bertz CT molecular complexity index is 1250. The lowest BCUT2D eigenvalue weighted by atomic mass is 9.96. The average Bonchev–Trinajstić information content (AvgIpc) is 3.03. The molecule has 1 fully saturated rings. The fourth-order valence-corrected chi connectivity index (χ4v) is 5.30. The maximum atomic E-state index is 13.7. The lowest BCUT2D eigenvalue weighted by molar-refractivity contribution is -0.144. The molecule has 2 aromatic rings. The number of rotatable bonds is 9. The van der Waals surface area contributed by atoms with E-state index < -0.39 is 61.8 Å². The summed E-state index contributed by atoms with van der Waals surface area (Å²) in [5.74, 6) is -1.63. The number of aliphatic hydroxyl groups is 2.